The van der Waals surface area contributed by atoms with Crippen molar-refractivity contribution in [3.05, 3.63) is 0 Å². The molecule has 0 unspecified atom stereocenters. The fraction of sp³-hybridized carbons (Fsp3) is 0.846. The van der Waals surface area contributed by atoms with E-state index in [-0.39, 0.29) is 18.2 Å². The Kier molecular flexibility index (Phi) is 3.87. The first-order valence-electron chi connectivity index (χ1n) is 6.89. The van der Waals surface area contributed by atoms with E-state index in [4.69, 9.17) is 4.74 Å². The first-order chi connectivity index (χ1) is 8.87. The Bertz CT molecular complexity index is 365. The van der Waals surface area contributed by atoms with Gasteiger partial charge in [0.25, 0.3) is 0 Å². The largest absolute Gasteiger partial charge is 0.444 e. The summed E-state index contributed by atoms with van der Waals surface area (Å²) in [4.78, 5) is 27.2. The number of nitrogens with one attached hydrogen (secondary N) is 1. The molecular weight excluding hydrogens is 246 g/mol. The van der Waals surface area contributed by atoms with Crippen LogP contribution in [0.3, 0.4) is 0 Å². The first-order valence-corrected chi connectivity index (χ1v) is 6.89. The molecular formula is C13H23N3O3. The predicted octanol–water partition coefficient (Wildman–Crippen LogP) is 1.41. The quantitative estimate of drug-likeness (QED) is 0.783. The van der Waals surface area contributed by atoms with Crippen molar-refractivity contribution in [1.29, 1.82) is 0 Å². The number of likely N-dealkylation sites (tertiary alicyclic amines) is 1. The summed E-state index contributed by atoms with van der Waals surface area (Å²) < 4.78 is 5.38. The van der Waals surface area contributed by atoms with Crippen molar-refractivity contribution in [2.45, 2.75) is 45.3 Å². The molecule has 2 aliphatic rings. The third-order valence-corrected chi connectivity index (χ3v) is 3.38. The fourth-order valence-corrected chi connectivity index (χ4v) is 2.54. The summed E-state index contributed by atoms with van der Waals surface area (Å²) in [6, 6.07) is 0.0970. The molecule has 108 valence electrons. The molecule has 6 nitrogen and oxygen atoms in total. The number of carbonyl (C=O) groups is 2. The topological polar surface area (TPSA) is 61.9 Å². The van der Waals surface area contributed by atoms with E-state index in [1.807, 2.05) is 25.7 Å². The normalized spacial score (nSPS) is 24.4. The molecule has 0 bridgehead atoms. The second kappa shape index (κ2) is 5.27. The SMILES string of the molecule is CC(C)(C)OC(=O)N1CCC[C@H](N2CCNC2=O)C1. The van der Waals surface area contributed by atoms with Gasteiger partial charge in [0.2, 0.25) is 0 Å². The van der Waals surface area contributed by atoms with Crippen molar-refractivity contribution in [3.63, 3.8) is 0 Å². The summed E-state index contributed by atoms with van der Waals surface area (Å²) >= 11 is 0. The maximum atomic E-state index is 12.0. The molecule has 3 amide bonds. The van der Waals surface area contributed by atoms with Crippen molar-refractivity contribution >= 4 is 12.1 Å². The van der Waals surface area contributed by atoms with Crippen molar-refractivity contribution < 1.29 is 14.3 Å². The van der Waals surface area contributed by atoms with Gasteiger partial charge in [0.15, 0.2) is 0 Å². The molecule has 2 heterocycles. The van der Waals surface area contributed by atoms with Crippen LogP contribution in [0.5, 0.6) is 0 Å². The van der Waals surface area contributed by atoms with Gasteiger partial charge < -0.3 is 19.9 Å². The standard InChI is InChI=1S/C13H23N3O3/c1-13(2,3)19-12(18)15-7-4-5-10(9-15)16-8-6-14-11(16)17/h10H,4-9H2,1-3H3,(H,14,17)/t10-/m0/s1. The van der Waals surface area contributed by atoms with E-state index in [0.29, 0.717) is 19.6 Å². The summed E-state index contributed by atoms with van der Waals surface area (Å²) in [6.45, 7) is 8.29. The number of urea groups is 1. The van der Waals surface area contributed by atoms with Gasteiger partial charge in [-0.2, -0.15) is 0 Å². The second-order valence-electron chi connectivity index (χ2n) is 6.15. The van der Waals surface area contributed by atoms with Crippen LogP contribution in [0, 0.1) is 0 Å². The number of hydrogen-bond acceptors (Lipinski definition) is 3. The Hall–Kier alpha value is -1.46. The lowest BCUT2D eigenvalue weighted by molar-refractivity contribution is 0.0143. The van der Waals surface area contributed by atoms with Crippen molar-refractivity contribution in [3.8, 4) is 0 Å². The van der Waals surface area contributed by atoms with E-state index >= 15 is 0 Å². The van der Waals surface area contributed by atoms with E-state index in [1.54, 1.807) is 4.90 Å². The summed E-state index contributed by atoms with van der Waals surface area (Å²) in [6.07, 6.45) is 1.58. The summed E-state index contributed by atoms with van der Waals surface area (Å²) in [7, 11) is 0. The molecule has 0 radical (unpaired) electrons. The highest BCUT2D eigenvalue weighted by molar-refractivity contribution is 5.76. The third-order valence-electron chi connectivity index (χ3n) is 3.38. The van der Waals surface area contributed by atoms with Gasteiger partial charge in [0, 0.05) is 26.2 Å². The summed E-state index contributed by atoms with van der Waals surface area (Å²) in [5, 5.41) is 2.80. The molecule has 0 aromatic rings. The highest BCUT2D eigenvalue weighted by Crippen LogP contribution is 2.19. The number of ether oxygens (including phenoxy) is 1. The lowest BCUT2D eigenvalue weighted by atomic mass is 10.0. The molecule has 19 heavy (non-hydrogen) atoms. The van der Waals surface area contributed by atoms with E-state index in [0.717, 1.165) is 19.4 Å². The highest BCUT2D eigenvalue weighted by Gasteiger charge is 2.34. The second-order valence-corrected chi connectivity index (χ2v) is 6.15. The van der Waals surface area contributed by atoms with Crippen molar-refractivity contribution in [2.75, 3.05) is 26.2 Å². The van der Waals surface area contributed by atoms with Crippen LogP contribution < -0.4 is 5.32 Å². The number of amides is 3. The van der Waals surface area contributed by atoms with E-state index < -0.39 is 5.60 Å². The zero-order valence-electron chi connectivity index (χ0n) is 11.9. The number of piperidine rings is 1. The Morgan fingerprint density at radius 1 is 1.37 bits per heavy atom. The van der Waals surface area contributed by atoms with Gasteiger partial charge in [-0.15, -0.1) is 0 Å². The highest BCUT2D eigenvalue weighted by atomic mass is 16.6. The molecule has 6 heteroatoms. The average molecular weight is 269 g/mol. The average Bonchev–Trinajstić information content (AvgIpc) is 2.73. The zero-order chi connectivity index (χ0) is 14.0. The fourth-order valence-electron chi connectivity index (χ4n) is 2.54. The van der Waals surface area contributed by atoms with Gasteiger partial charge in [-0.3, -0.25) is 0 Å². The van der Waals surface area contributed by atoms with Gasteiger partial charge in [-0.1, -0.05) is 0 Å². The van der Waals surface area contributed by atoms with Gasteiger partial charge in [0.1, 0.15) is 5.60 Å². The molecule has 2 saturated heterocycles. The van der Waals surface area contributed by atoms with Crippen LogP contribution in [0.1, 0.15) is 33.6 Å². The monoisotopic (exact) mass is 269 g/mol. The lowest BCUT2D eigenvalue weighted by Gasteiger charge is -2.37. The maximum absolute atomic E-state index is 12.0. The summed E-state index contributed by atoms with van der Waals surface area (Å²) in [5.74, 6) is 0. The Labute approximate surface area is 114 Å². The van der Waals surface area contributed by atoms with Crippen LogP contribution in [0.25, 0.3) is 0 Å². The number of nitrogens with zero attached hydrogens (tertiary/aromatic N) is 2. The van der Waals surface area contributed by atoms with E-state index in [2.05, 4.69) is 5.32 Å². The lowest BCUT2D eigenvalue weighted by Crippen LogP contribution is -2.51. The van der Waals surface area contributed by atoms with Gasteiger partial charge in [-0.05, 0) is 33.6 Å². The molecule has 0 aromatic carbocycles. The Balaban J connectivity index is 1.93. The van der Waals surface area contributed by atoms with Crippen LogP contribution >= 0.6 is 0 Å². The van der Waals surface area contributed by atoms with Gasteiger partial charge >= 0.3 is 12.1 Å². The number of rotatable bonds is 1. The van der Waals surface area contributed by atoms with Crippen LogP contribution in [-0.4, -0.2) is 59.7 Å². The van der Waals surface area contributed by atoms with Crippen molar-refractivity contribution in [2.24, 2.45) is 0 Å². The first kappa shape index (κ1) is 14.0. The third kappa shape index (κ3) is 3.52. The van der Waals surface area contributed by atoms with Crippen LogP contribution in [0.4, 0.5) is 9.59 Å². The molecule has 2 rings (SSSR count). The van der Waals surface area contributed by atoms with Crippen molar-refractivity contribution in [1.82, 2.24) is 15.1 Å². The zero-order valence-corrected chi connectivity index (χ0v) is 11.9. The molecule has 0 aromatic heterocycles. The Morgan fingerprint density at radius 3 is 2.68 bits per heavy atom. The van der Waals surface area contributed by atoms with Gasteiger partial charge in [-0.25, -0.2) is 9.59 Å². The smallest absolute Gasteiger partial charge is 0.410 e. The Morgan fingerprint density at radius 2 is 2.11 bits per heavy atom. The molecule has 2 aliphatic heterocycles. The summed E-state index contributed by atoms with van der Waals surface area (Å²) in [5.41, 5.74) is -0.477. The molecule has 0 aliphatic carbocycles. The molecule has 1 atom stereocenters. The molecule has 2 fully saturated rings. The number of hydrogen-bond donors (Lipinski definition) is 1. The van der Waals surface area contributed by atoms with Crippen LogP contribution in [-0.2, 0) is 4.74 Å². The number of carbonyl (C=O) groups excluding carboxylic acids is 2. The van der Waals surface area contributed by atoms with Crippen LogP contribution in [0.2, 0.25) is 0 Å². The maximum Gasteiger partial charge on any atom is 0.410 e. The predicted molar refractivity (Wildman–Crippen MR) is 70.9 cm³/mol. The van der Waals surface area contributed by atoms with Gasteiger partial charge in [0.05, 0.1) is 6.04 Å². The van der Waals surface area contributed by atoms with E-state index in [1.165, 1.54) is 0 Å². The molecule has 1 N–H and O–H groups in total. The van der Waals surface area contributed by atoms with Crippen LogP contribution in [0.15, 0.2) is 0 Å². The van der Waals surface area contributed by atoms with E-state index in [9.17, 15) is 9.59 Å². The minimum atomic E-state index is -0.477. The molecule has 0 spiro atoms. The minimum Gasteiger partial charge on any atom is -0.444 e. The minimum absolute atomic E-state index is 0.0176. The molecule has 0 saturated carbocycles.